The van der Waals surface area contributed by atoms with Crippen LogP contribution in [-0.4, -0.2) is 16.1 Å². The Morgan fingerprint density at radius 3 is 2.93 bits per heavy atom. The number of hydrogen-bond donors (Lipinski definition) is 1. The number of rotatable bonds is 1. The molecule has 14 heavy (non-hydrogen) atoms. The highest BCUT2D eigenvalue weighted by molar-refractivity contribution is 14.1. The molecule has 0 unspecified atom stereocenters. The van der Waals surface area contributed by atoms with E-state index in [4.69, 9.17) is 5.11 Å². The molecule has 0 aliphatic rings. The summed E-state index contributed by atoms with van der Waals surface area (Å²) in [5, 5.41) is 10.7. The van der Waals surface area contributed by atoms with Crippen molar-refractivity contribution in [2.75, 3.05) is 0 Å². The number of carboxylic acids is 1. The average molecular weight is 299 g/mol. The molecule has 70 valence electrons. The second-order valence-electron chi connectivity index (χ2n) is 2.84. The Morgan fingerprint density at radius 2 is 2.21 bits per heavy atom. The first-order valence-electron chi connectivity index (χ1n) is 3.96. The van der Waals surface area contributed by atoms with E-state index < -0.39 is 5.97 Å². The third kappa shape index (κ3) is 1.57. The first-order valence-corrected chi connectivity index (χ1v) is 5.04. The van der Waals surface area contributed by atoms with E-state index in [1.807, 2.05) is 18.2 Å². The van der Waals surface area contributed by atoms with Gasteiger partial charge < -0.3 is 5.11 Å². The number of fused-ring (bicyclic) bond motifs is 1. The van der Waals surface area contributed by atoms with E-state index in [0.717, 1.165) is 14.3 Å². The summed E-state index contributed by atoms with van der Waals surface area (Å²) in [6.45, 7) is 0. The van der Waals surface area contributed by atoms with Crippen LogP contribution in [0.15, 0.2) is 30.5 Å². The highest BCUT2D eigenvalue weighted by atomic mass is 127. The van der Waals surface area contributed by atoms with Crippen molar-refractivity contribution in [2.45, 2.75) is 0 Å². The molecule has 0 radical (unpaired) electrons. The van der Waals surface area contributed by atoms with Crippen molar-refractivity contribution in [3.8, 4) is 0 Å². The second kappa shape index (κ2) is 3.53. The Balaban J connectivity index is 2.76. The SMILES string of the molecule is O=C(O)c1cc2c(I)cccc2cn1. The average Bonchev–Trinajstić information content (AvgIpc) is 2.18. The van der Waals surface area contributed by atoms with Crippen LogP contribution in [0.2, 0.25) is 0 Å². The summed E-state index contributed by atoms with van der Waals surface area (Å²) in [6, 6.07) is 7.37. The topological polar surface area (TPSA) is 50.2 Å². The maximum atomic E-state index is 10.7. The van der Waals surface area contributed by atoms with Crippen LogP contribution < -0.4 is 0 Å². The minimum atomic E-state index is -0.994. The predicted octanol–water partition coefficient (Wildman–Crippen LogP) is 2.54. The molecule has 1 aromatic carbocycles. The molecule has 0 aliphatic heterocycles. The third-order valence-corrected chi connectivity index (χ3v) is 2.87. The molecule has 0 aliphatic carbocycles. The zero-order valence-corrected chi connectivity index (χ0v) is 9.22. The Morgan fingerprint density at radius 1 is 1.43 bits per heavy atom. The summed E-state index contributed by atoms with van der Waals surface area (Å²) >= 11 is 2.18. The fourth-order valence-corrected chi connectivity index (χ4v) is 1.92. The molecule has 0 saturated heterocycles. The van der Waals surface area contributed by atoms with Gasteiger partial charge in [-0.3, -0.25) is 0 Å². The zero-order valence-electron chi connectivity index (χ0n) is 7.07. The standard InChI is InChI=1S/C10H6INO2/c11-8-3-1-2-6-5-12-9(10(13)14)4-7(6)8/h1-5H,(H,13,14). The van der Waals surface area contributed by atoms with Gasteiger partial charge in [-0.1, -0.05) is 12.1 Å². The molecule has 4 heteroatoms. The zero-order chi connectivity index (χ0) is 10.1. The predicted molar refractivity (Wildman–Crippen MR) is 61.4 cm³/mol. The summed E-state index contributed by atoms with van der Waals surface area (Å²) < 4.78 is 1.03. The monoisotopic (exact) mass is 299 g/mol. The number of nitrogens with zero attached hydrogens (tertiary/aromatic N) is 1. The molecule has 1 aromatic heterocycles. The summed E-state index contributed by atoms with van der Waals surface area (Å²) in [7, 11) is 0. The van der Waals surface area contributed by atoms with Gasteiger partial charge in [0.2, 0.25) is 0 Å². The van der Waals surface area contributed by atoms with Crippen LogP contribution in [0.25, 0.3) is 10.8 Å². The number of pyridine rings is 1. The molecule has 3 nitrogen and oxygen atoms in total. The van der Waals surface area contributed by atoms with Gasteiger partial charge in [0.15, 0.2) is 0 Å². The van der Waals surface area contributed by atoms with Gasteiger partial charge in [-0.05, 0) is 40.1 Å². The summed E-state index contributed by atoms with van der Waals surface area (Å²) in [4.78, 5) is 14.5. The van der Waals surface area contributed by atoms with Crippen LogP contribution in [0.1, 0.15) is 10.5 Å². The number of carbonyl (C=O) groups is 1. The number of hydrogen-bond acceptors (Lipinski definition) is 2. The van der Waals surface area contributed by atoms with Gasteiger partial charge in [0, 0.05) is 15.2 Å². The Hall–Kier alpha value is -1.17. The number of carboxylic acid groups (broad SMARTS) is 1. The lowest BCUT2D eigenvalue weighted by Gasteiger charge is -2.00. The largest absolute Gasteiger partial charge is 0.477 e. The highest BCUT2D eigenvalue weighted by Crippen LogP contribution is 2.20. The van der Waals surface area contributed by atoms with Gasteiger partial charge in [0.1, 0.15) is 5.69 Å². The van der Waals surface area contributed by atoms with Gasteiger partial charge >= 0.3 is 5.97 Å². The van der Waals surface area contributed by atoms with Crippen molar-refractivity contribution in [2.24, 2.45) is 0 Å². The maximum Gasteiger partial charge on any atom is 0.354 e. The summed E-state index contributed by atoms with van der Waals surface area (Å²) in [6.07, 6.45) is 1.58. The number of halogens is 1. The number of aromatic nitrogens is 1. The molecule has 0 atom stereocenters. The van der Waals surface area contributed by atoms with Crippen molar-refractivity contribution < 1.29 is 9.90 Å². The van der Waals surface area contributed by atoms with Crippen LogP contribution >= 0.6 is 22.6 Å². The summed E-state index contributed by atoms with van der Waals surface area (Å²) in [5.74, 6) is -0.994. The first-order chi connectivity index (χ1) is 6.68. The first kappa shape index (κ1) is 9.39. The minimum absolute atomic E-state index is 0.0848. The van der Waals surface area contributed by atoms with Crippen molar-refractivity contribution in [1.29, 1.82) is 0 Å². The van der Waals surface area contributed by atoms with Gasteiger partial charge in [-0.25, -0.2) is 9.78 Å². The Kier molecular flexibility index (Phi) is 2.37. The van der Waals surface area contributed by atoms with Crippen LogP contribution in [0.3, 0.4) is 0 Å². The fourth-order valence-electron chi connectivity index (χ4n) is 1.25. The molecule has 0 spiro atoms. The highest BCUT2D eigenvalue weighted by Gasteiger charge is 2.06. The van der Waals surface area contributed by atoms with Crippen LogP contribution in [0.5, 0.6) is 0 Å². The maximum absolute atomic E-state index is 10.7. The molecule has 0 fully saturated rings. The van der Waals surface area contributed by atoms with Crippen molar-refractivity contribution in [1.82, 2.24) is 4.98 Å². The lowest BCUT2D eigenvalue weighted by Crippen LogP contribution is -1.99. The normalized spacial score (nSPS) is 10.4. The quantitative estimate of drug-likeness (QED) is 0.823. The molecular formula is C10H6INO2. The van der Waals surface area contributed by atoms with Crippen molar-refractivity contribution >= 4 is 39.3 Å². The van der Waals surface area contributed by atoms with E-state index in [0.29, 0.717) is 0 Å². The van der Waals surface area contributed by atoms with Gasteiger partial charge in [0.05, 0.1) is 0 Å². The fraction of sp³-hybridized carbons (Fsp3) is 0. The molecule has 2 aromatic rings. The van der Waals surface area contributed by atoms with Gasteiger partial charge in [-0.2, -0.15) is 0 Å². The Labute approximate surface area is 93.9 Å². The second-order valence-corrected chi connectivity index (χ2v) is 4.00. The Bertz CT molecular complexity index is 510. The molecule has 2 rings (SSSR count). The number of benzene rings is 1. The van der Waals surface area contributed by atoms with E-state index in [1.54, 1.807) is 12.3 Å². The number of aromatic carboxylic acids is 1. The van der Waals surface area contributed by atoms with E-state index in [1.165, 1.54) is 0 Å². The van der Waals surface area contributed by atoms with Gasteiger partial charge in [0.25, 0.3) is 0 Å². The van der Waals surface area contributed by atoms with Crippen LogP contribution in [0, 0.1) is 3.57 Å². The van der Waals surface area contributed by atoms with E-state index in [9.17, 15) is 4.79 Å². The van der Waals surface area contributed by atoms with E-state index in [-0.39, 0.29) is 5.69 Å². The van der Waals surface area contributed by atoms with Crippen LogP contribution in [0.4, 0.5) is 0 Å². The molecule has 0 saturated carbocycles. The van der Waals surface area contributed by atoms with Crippen molar-refractivity contribution in [3.63, 3.8) is 0 Å². The molecule has 0 bridgehead atoms. The smallest absolute Gasteiger partial charge is 0.354 e. The lowest BCUT2D eigenvalue weighted by molar-refractivity contribution is 0.0691. The van der Waals surface area contributed by atoms with Crippen molar-refractivity contribution in [3.05, 3.63) is 39.7 Å². The third-order valence-electron chi connectivity index (χ3n) is 1.93. The molecule has 1 heterocycles. The minimum Gasteiger partial charge on any atom is -0.477 e. The summed E-state index contributed by atoms with van der Waals surface area (Å²) in [5.41, 5.74) is 0.0848. The van der Waals surface area contributed by atoms with E-state index in [2.05, 4.69) is 27.6 Å². The molecular weight excluding hydrogens is 293 g/mol. The van der Waals surface area contributed by atoms with E-state index >= 15 is 0 Å². The lowest BCUT2D eigenvalue weighted by atomic mass is 10.1. The molecule has 0 amide bonds. The molecule has 1 N–H and O–H groups in total. The van der Waals surface area contributed by atoms with Crippen LogP contribution in [-0.2, 0) is 0 Å². The van der Waals surface area contributed by atoms with Gasteiger partial charge in [-0.15, -0.1) is 0 Å².